The van der Waals surface area contributed by atoms with Crippen molar-refractivity contribution in [1.82, 2.24) is 64.7 Å². The van der Waals surface area contributed by atoms with Crippen molar-refractivity contribution in [2.75, 3.05) is 116 Å². The fourth-order valence-corrected chi connectivity index (χ4v) is 12.1. The van der Waals surface area contributed by atoms with Crippen molar-refractivity contribution in [3.05, 3.63) is 90.9 Å². The Labute approximate surface area is 564 Å². The van der Waals surface area contributed by atoms with Gasteiger partial charge in [-0.25, -0.2) is 36.1 Å². The Morgan fingerprint density at radius 3 is 1.49 bits per heavy atom. The Balaban J connectivity index is 0.00000134. The van der Waals surface area contributed by atoms with E-state index in [1.807, 2.05) is 14.7 Å². The van der Waals surface area contributed by atoms with Crippen LogP contribution in [0.5, 0.6) is 0 Å². The number of fused-ring (bicyclic) bond motifs is 1. The molecular weight excluding hydrogens is 1390 g/mol. The number of carbonyl (C=O) groups excluding carboxylic acids is 6. The number of alkyl halides is 6. The molecule has 548 valence electrons. The minimum absolute atomic E-state index is 0.0299. The van der Waals surface area contributed by atoms with Gasteiger partial charge < -0.3 is 55.2 Å². The minimum atomic E-state index is -5.08. The number of nitrogens with zero attached hydrogens (tertiary/aromatic N) is 7. The molecule has 3 amide bonds. The zero-order valence-electron chi connectivity index (χ0n) is 53.3. The number of nitrogens with one attached hydrogen (secondary N) is 7. The molecule has 0 saturated carbocycles. The molecule has 0 radical (unpaired) electrons. The van der Waals surface area contributed by atoms with Gasteiger partial charge in [0, 0.05) is 108 Å². The lowest BCUT2D eigenvalue weighted by Crippen LogP contribution is -2.54. The maximum atomic E-state index is 13.5. The molecule has 2 atom stereocenters. The highest BCUT2D eigenvalue weighted by atomic mass is 32.3. The highest BCUT2D eigenvalue weighted by molar-refractivity contribution is 8.19. The summed E-state index contributed by atoms with van der Waals surface area (Å²) in [5, 5.41) is 39.7. The smallest absolute Gasteiger partial charge is 0.480 e. The molecule has 5 aromatic rings. The molecule has 1 aliphatic heterocycles. The van der Waals surface area contributed by atoms with E-state index in [0.29, 0.717) is 74.8 Å². The topological polar surface area (TPSA) is 475 Å². The third-order valence-electron chi connectivity index (χ3n) is 13.8. The van der Waals surface area contributed by atoms with Gasteiger partial charge in [-0.2, -0.15) is 36.2 Å². The Morgan fingerprint density at radius 1 is 0.606 bits per heavy atom. The van der Waals surface area contributed by atoms with Crippen LogP contribution in [0.1, 0.15) is 37.6 Å². The van der Waals surface area contributed by atoms with Crippen LogP contribution in [0.4, 0.5) is 32.3 Å². The maximum absolute atomic E-state index is 13.5. The number of hydrogen-bond acceptors (Lipinski definition) is 23. The van der Waals surface area contributed by atoms with Crippen LogP contribution >= 0.6 is 10.9 Å². The zero-order valence-corrected chi connectivity index (χ0v) is 55.7. The second-order valence-corrected chi connectivity index (χ2v) is 27.1. The van der Waals surface area contributed by atoms with Crippen molar-refractivity contribution >= 4 is 101 Å². The second kappa shape index (κ2) is 38.1. The number of aryl methyl sites for hydroxylation is 1. The van der Waals surface area contributed by atoms with E-state index in [-0.39, 0.29) is 85.1 Å². The number of rotatable bonds is 30. The number of anilines is 1. The summed E-state index contributed by atoms with van der Waals surface area (Å²) in [7, 11) is -13.0. The number of ketones is 3. The number of imidazole rings is 1. The first kappa shape index (κ1) is 82.9. The van der Waals surface area contributed by atoms with Crippen molar-refractivity contribution in [3.63, 3.8) is 0 Å². The van der Waals surface area contributed by atoms with Crippen molar-refractivity contribution in [2.24, 2.45) is 0 Å². The van der Waals surface area contributed by atoms with Gasteiger partial charge in [0.1, 0.15) is 29.4 Å². The summed E-state index contributed by atoms with van der Waals surface area (Å²) in [5.41, 5.74) is 1.93. The van der Waals surface area contributed by atoms with E-state index in [1.165, 1.54) is 69.3 Å². The molecular formula is C57H76F6N14O19S3. The number of aromatic amines is 1. The number of sulfonamides is 2. The number of aliphatic carboxylic acids is 3. The summed E-state index contributed by atoms with van der Waals surface area (Å²) >= 11 is 0. The minimum Gasteiger partial charge on any atom is -0.480 e. The Morgan fingerprint density at radius 2 is 1.07 bits per heavy atom. The summed E-state index contributed by atoms with van der Waals surface area (Å²) in [6.07, 6.45) is -4.48. The Kier molecular flexibility index (Phi) is 31.9. The van der Waals surface area contributed by atoms with Crippen LogP contribution in [0, 0.1) is 0 Å². The Bertz CT molecular complexity index is 3740. The lowest BCUT2D eigenvalue weighted by molar-refractivity contribution is -0.193. The molecule has 3 heterocycles. The number of halogens is 6. The largest absolute Gasteiger partial charge is 0.490 e. The number of carboxylic acids is 3. The monoisotopic (exact) mass is 1470 g/mol. The van der Waals surface area contributed by atoms with Crippen molar-refractivity contribution in [1.29, 1.82) is 0 Å². The van der Waals surface area contributed by atoms with Gasteiger partial charge in [0.2, 0.25) is 31.9 Å². The van der Waals surface area contributed by atoms with Gasteiger partial charge in [-0.05, 0) is 80.8 Å². The number of aromatic nitrogens is 4. The molecule has 0 unspecified atom stereocenters. The number of carbonyl (C=O) groups is 9. The van der Waals surface area contributed by atoms with Gasteiger partial charge in [0.15, 0.2) is 5.95 Å². The zero-order chi connectivity index (χ0) is 74.1. The predicted octanol–water partition coefficient (Wildman–Crippen LogP) is 1.45. The standard InChI is InChI=1S/C53H74N14O15S3.2C2HF3O2/c1-37(68)32-63-21-23-64(33-38(2)69)25-27-66(28-26-65(24-22-63)34-39(3)70)35-49(71)61-47(36-83(76,77)78)51(73)54-18-19-60-84(79,80)44-10-5-40(6-11-44)41-7-12-45(13-8-41)85(81,82)62-46(52(74)75)31-58-50(72)42-9-14-48-43(29-42)30-59-67(48)20-4-15-55-53-56-16-17-57-53;2*3-2(4,5)1(6)7/h5-14,16-17,29-30,46-47,60,62,76-78H,4,15,18-28,31-36H2,1-3H3,(H,54,73)(H,58,72)(H,61,71)(H,74,75)(H2,55,56,57);2*(H,6,7)/t46-,47-;;/m0../s1. The molecule has 1 saturated heterocycles. The molecule has 3 aromatic carbocycles. The van der Waals surface area contributed by atoms with E-state index < -0.39 is 103 Å². The first-order chi connectivity index (χ1) is 46.1. The van der Waals surface area contributed by atoms with Crippen LogP contribution in [0.3, 0.4) is 0 Å². The molecule has 42 heteroatoms. The quantitative estimate of drug-likeness (QED) is 0.0228. The van der Waals surface area contributed by atoms with Crippen LogP contribution < -0.4 is 30.7 Å². The fraction of sp³-hybridized carbons (Fsp3) is 0.456. The van der Waals surface area contributed by atoms with Crippen molar-refractivity contribution < 1.29 is 115 Å². The van der Waals surface area contributed by atoms with E-state index in [1.54, 1.807) is 46.4 Å². The summed E-state index contributed by atoms with van der Waals surface area (Å²) in [5.74, 6) is -9.93. The Hall–Kier alpha value is -8.56. The second-order valence-electron chi connectivity index (χ2n) is 22.1. The lowest BCUT2D eigenvalue weighted by Gasteiger charge is -2.33. The van der Waals surface area contributed by atoms with Crippen LogP contribution in [-0.2, 0) is 64.9 Å². The van der Waals surface area contributed by atoms with Crippen LogP contribution in [0.15, 0.2) is 95.1 Å². The highest BCUT2D eigenvalue weighted by Crippen LogP contribution is 2.33. The summed E-state index contributed by atoms with van der Waals surface area (Å²) in [6.45, 7) is 7.46. The summed E-state index contributed by atoms with van der Waals surface area (Å²) in [6, 6.07) is 12.2. The normalized spacial score (nSPS) is 15.0. The number of benzene rings is 3. The third-order valence-corrected chi connectivity index (χ3v) is 17.6. The molecule has 13 N–H and O–H groups in total. The van der Waals surface area contributed by atoms with Gasteiger partial charge in [-0.1, -0.05) is 24.3 Å². The van der Waals surface area contributed by atoms with Gasteiger partial charge in [-0.15, -0.1) is 0 Å². The fourth-order valence-electron chi connectivity index (χ4n) is 9.17. The van der Waals surface area contributed by atoms with Crippen LogP contribution in [-0.4, -0.2) is 273 Å². The predicted molar refractivity (Wildman–Crippen MR) is 343 cm³/mol. The summed E-state index contributed by atoms with van der Waals surface area (Å²) in [4.78, 5) is 120. The molecule has 1 aliphatic rings. The molecule has 1 fully saturated rings. The van der Waals surface area contributed by atoms with Gasteiger partial charge in [0.25, 0.3) is 5.91 Å². The van der Waals surface area contributed by atoms with Gasteiger partial charge in [-0.3, -0.25) is 57.8 Å². The van der Waals surface area contributed by atoms with Crippen LogP contribution in [0.25, 0.3) is 22.0 Å². The van der Waals surface area contributed by atoms with Gasteiger partial charge in [0.05, 0.1) is 64.3 Å². The maximum Gasteiger partial charge on any atom is 0.490 e. The average molecular weight is 1470 g/mol. The SMILES string of the molecule is CC(=O)CN1CCN(CC(C)=O)CCN(CC(=O)N[C@@H](CS(O)(O)O)C(=O)NCCNS(=O)(=O)c2ccc(-c3ccc(S(=O)(=O)N[C@@H](CNC(=O)c4ccc5c(cnn5CCCNc5ncc[nH]5)c4)C(=O)O)cc3)cc2)CCN(CC(C)=O)CC1.O=C(O)C(F)(F)F.O=C(O)C(F)(F)F. The van der Waals surface area contributed by atoms with Crippen molar-refractivity contribution in [3.8, 4) is 11.1 Å². The van der Waals surface area contributed by atoms with Crippen LogP contribution in [0.2, 0.25) is 0 Å². The number of H-pyrrole nitrogens is 1. The molecule has 99 heavy (non-hydrogen) atoms. The molecule has 0 spiro atoms. The number of carboxylic acid groups (broad SMARTS) is 3. The first-order valence-corrected chi connectivity index (χ1v) is 34.2. The van der Waals surface area contributed by atoms with E-state index >= 15 is 0 Å². The molecule has 0 bridgehead atoms. The molecule has 6 rings (SSSR count). The van der Waals surface area contributed by atoms with E-state index in [4.69, 9.17) is 19.8 Å². The molecule has 0 aliphatic carbocycles. The van der Waals surface area contributed by atoms with E-state index in [2.05, 4.69) is 45.8 Å². The van der Waals surface area contributed by atoms with Crippen molar-refractivity contribution in [2.45, 2.75) is 68.0 Å². The average Bonchev–Trinajstić information content (AvgIpc) is 1.78. The highest BCUT2D eigenvalue weighted by Gasteiger charge is 2.39. The van der Waals surface area contributed by atoms with E-state index in [0.717, 1.165) is 11.9 Å². The number of amides is 3. The lowest BCUT2D eigenvalue weighted by atomic mass is 10.1. The third kappa shape index (κ3) is 30.2. The molecule has 2 aromatic heterocycles. The summed E-state index contributed by atoms with van der Waals surface area (Å²) < 4.78 is 153. The number of hydrogen-bond donors (Lipinski definition) is 13. The van der Waals surface area contributed by atoms with E-state index in [9.17, 15) is 95.5 Å². The van der Waals surface area contributed by atoms with Gasteiger partial charge >= 0.3 is 30.3 Å². The molecule has 33 nitrogen and oxygen atoms in total. The number of Topliss-reactive ketones (excluding diaryl/α,β-unsaturated/α-hetero) is 3. The first-order valence-electron chi connectivity index (χ1n) is 29.6.